The van der Waals surface area contributed by atoms with E-state index in [1.165, 1.54) is 0 Å². The summed E-state index contributed by atoms with van der Waals surface area (Å²) in [5.41, 5.74) is 0. The summed E-state index contributed by atoms with van der Waals surface area (Å²) in [7, 11) is 1.58. The topological polar surface area (TPSA) is 74.1 Å². The molecule has 6 nitrogen and oxygen atoms in total. The van der Waals surface area contributed by atoms with E-state index in [2.05, 4.69) is 42.2 Å². The van der Waals surface area contributed by atoms with Crippen molar-refractivity contribution in [2.24, 2.45) is 0 Å². The van der Waals surface area contributed by atoms with E-state index in [0.29, 0.717) is 24.4 Å². The molecule has 1 aromatic heterocycles. The lowest BCUT2D eigenvalue weighted by molar-refractivity contribution is 0.242. The van der Waals surface area contributed by atoms with Gasteiger partial charge in [0, 0.05) is 19.1 Å². The van der Waals surface area contributed by atoms with E-state index in [0.717, 1.165) is 30.4 Å². The van der Waals surface area contributed by atoms with Crippen molar-refractivity contribution in [3.63, 3.8) is 0 Å². The van der Waals surface area contributed by atoms with E-state index in [4.69, 9.17) is 10.00 Å². The molecule has 0 spiro atoms. The monoisotopic (exact) mass is 325 g/mol. The normalized spacial score (nSPS) is 16.9. The fourth-order valence-electron chi connectivity index (χ4n) is 2.08. The number of nitriles is 1. The van der Waals surface area contributed by atoms with Gasteiger partial charge in [-0.1, -0.05) is 0 Å². The molecule has 0 aromatic carbocycles. The number of halogens is 1. The first-order valence-corrected chi connectivity index (χ1v) is 6.94. The fourth-order valence-corrected chi connectivity index (χ4v) is 2.44. The molecule has 0 bridgehead atoms. The second-order valence-corrected chi connectivity index (χ2v) is 5.26. The predicted octanol–water partition coefficient (Wildman–Crippen LogP) is 1.65. The molecule has 1 aliphatic heterocycles. The Morgan fingerprint density at radius 1 is 1.58 bits per heavy atom. The molecule has 2 heterocycles. The highest BCUT2D eigenvalue weighted by atomic mass is 79.9. The van der Waals surface area contributed by atoms with Crippen molar-refractivity contribution in [1.82, 2.24) is 14.9 Å². The number of hydrogen-bond acceptors (Lipinski definition) is 6. The molecule has 1 N–H and O–H groups in total. The number of ether oxygens (including phenoxy) is 1. The van der Waals surface area contributed by atoms with Crippen LogP contribution in [0.25, 0.3) is 0 Å². The molecule has 2 rings (SSSR count). The van der Waals surface area contributed by atoms with E-state index in [-0.39, 0.29) is 0 Å². The van der Waals surface area contributed by atoms with E-state index in [1.54, 1.807) is 13.3 Å². The summed E-state index contributed by atoms with van der Waals surface area (Å²) in [5.74, 6) is 1.11. The second-order valence-electron chi connectivity index (χ2n) is 4.40. The van der Waals surface area contributed by atoms with Crippen LogP contribution in [0.4, 0.5) is 5.95 Å². The third kappa shape index (κ3) is 3.78. The summed E-state index contributed by atoms with van der Waals surface area (Å²) in [6.45, 7) is 2.37. The molecule has 1 fully saturated rings. The molecule has 0 atom stereocenters. The van der Waals surface area contributed by atoms with Crippen LogP contribution in [0.5, 0.6) is 5.88 Å². The van der Waals surface area contributed by atoms with Crippen LogP contribution < -0.4 is 10.1 Å². The van der Waals surface area contributed by atoms with Gasteiger partial charge in [0.1, 0.15) is 0 Å². The predicted molar refractivity (Wildman–Crippen MR) is 75.0 cm³/mol. The van der Waals surface area contributed by atoms with Gasteiger partial charge in [0.25, 0.3) is 0 Å². The number of anilines is 1. The van der Waals surface area contributed by atoms with E-state index >= 15 is 0 Å². The molecular formula is C12H16BrN5O. The largest absolute Gasteiger partial charge is 0.480 e. The zero-order chi connectivity index (χ0) is 13.7. The maximum atomic E-state index is 8.66. The zero-order valence-electron chi connectivity index (χ0n) is 10.8. The number of nitrogens with zero attached hydrogens (tertiary/aromatic N) is 4. The van der Waals surface area contributed by atoms with Crippen LogP contribution in [-0.2, 0) is 0 Å². The third-order valence-electron chi connectivity index (χ3n) is 3.12. The molecule has 0 aliphatic carbocycles. The number of nitrogens with one attached hydrogen (secondary N) is 1. The Kier molecular flexibility index (Phi) is 4.93. The van der Waals surface area contributed by atoms with Crippen LogP contribution in [0.15, 0.2) is 10.7 Å². The van der Waals surface area contributed by atoms with Gasteiger partial charge in [0.15, 0.2) is 0 Å². The molecule has 19 heavy (non-hydrogen) atoms. The first-order chi connectivity index (χ1) is 9.22. The summed E-state index contributed by atoms with van der Waals surface area (Å²) in [5, 5.41) is 12.0. The van der Waals surface area contributed by atoms with Crippen molar-refractivity contribution in [3.05, 3.63) is 10.7 Å². The maximum absolute atomic E-state index is 8.66. The first kappa shape index (κ1) is 14.0. The molecule has 1 saturated heterocycles. The van der Waals surface area contributed by atoms with Crippen LogP contribution in [0.1, 0.15) is 12.8 Å². The Morgan fingerprint density at radius 3 is 2.95 bits per heavy atom. The molecule has 1 aliphatic rings. The fraction of sp³-hybridized carbons (Fsp3) is 0.583. The van der Waals surface area contributed by atoms with Crippen molar-refractivity contribution in [2.75, 3.05) is 32.1 Å². The number of rotatable bonds is 4. The lowest BCUT2D eigenvalue weighted by Gasteiger charge is -2.30. The Hall–Kier alpha value is -1.39. The molecule has 1 aromatic rings. The van der Waals surface area contributed by atoms with Crippen molar-refractivity contribution in [3.8, 4) is 11.9 Å². The Balaban J connectivity index is 1.90. The van der Waals surface area contributed by atoms with Crippen LogP contribution >= 0.6 is 15.9 Å². The average Bonchev–Trinajstić information content (AvgIpc) is 2.43. The number of methoxy groups -OCH3 is 1. The molecule has 7 heteroatoms. The lowest BCUT2D eigenvalue weighted by Crippen LogP contribution is -2.39. The van der Waals surface area contributed by atoms with Crippen LogP contribution in [-0.4, -0.2) is 47.7 Å². The lowest BCUT2D eigenvalue weighted by atomic mass is 10.1. The molecule has 0 saturated carbocycles. The summed E-state index contributed by atoms with van der Waals surface area (Å²) < 4.78 is 5.88. The third-order valence-corrected chi connectivity index (χ3v) is 3.66. The van der Waals surface area contributed by atoms with Crippen molar-refractivity contribution >= 4 is 21.9 Å². The SMILES string of the molecule is COc1nc(NC2CCN(CC#N)CC2)ncc1Br. The number of piperidine rings is 1. The molecular weight excluding hydrogens is 310 g/mol. The van der Waals surface area contributed by atoms with Crippen LogP contribution in [0.2, 0.25) is 0 Å². The van der Waals surface area contributed by atoms with Crippen molar-refractivity contribution in [1.29, 1.82) is 5.26 Å². The van der Waals surface area contributed by atoms with Crippen LogP contribution in [0, 0.1) is 11.3 Å². The molecule has 0 amide bonds. The van der Waals surface area contributed by atoms with Gasteiger partial charge in [0.2, 0.25) is 11.8 Å². The average molecular weight is 326 g/mol. The van der Waals surface area contributed by atoms with Gasteiger partial charge in [-0.3, -0.25) is 4.90 Å². The van der Waals surface area contributed by atoms with Gasteiger partial charge in [-0.25, -0.2) is 4.98 Å². The Bertz CT molecular complexity index is 468. The smallest absolute Gasteiger partial charge is 0.232 e. The molecule has 0 radical (unpaired) electrons. The highest BCUT2D eigenvalue weighted by molar-refractivity contribution is 9.10. The van der Waals surface area contributed by atoms with Crippen molar-refractivity contribution < 1.29 is 4.74 Å². The van der Waals surface area contributed by atoms with Gasteiger partial charge in [-0.15, -0.1) is 0 Å². The Labute approximate surface area is 120 Å². The van der Waals surface area contributed by atoms with E-state index in [9.17, 15) is 0 Å². The quantitative estimate of drug-likeness (QED) is 0.848. The number of likely N-dealkylation sites (tertiary alicyclic amines) is 1. The van der Waals surface area contributed by atoms with E-state index < -0.39 is 0 Å². The summed E-state index contributed by atoms with van der Waals surface area (Å²) in [6.07, 6.45) is 3.66. The van der Waals surface area contributed by atoms with Gasteiger partial charge >= 0.3 is 0 Å². The zero-order valence-corrected chi connectivity index (χ0v) is 12.4. The second kappa shape index (κ2) is 6.68. The minimum atomic E-state index is 0.348. The minimum Gasteiger partial charge on any atom is -0.480 e. The standard InChI is InChI=1S/C12H16BrN5O/c1-19-11-10(13)8-15-12(17-11)16-9-2-5-18(6-3-9)7-4-14/h8-9H,2-3,5-7H2,1H3,(H,15,16,17). The summed E-state index contributed by atoms with van der Waals surface area (Å²) in [4.78, 5) is 10.7. The highest BCUT2D eigenvalue weighted by Gasteiger charge is 2.19. The maximum Gasteiger partial charge on any atom is 0.232 e. The number of hydrogen-bond donors (Lipinski definition) is 1. The van der Waals surface area contributed by atoms with Gasteiger partial charge < -0.3 is 10.1 Å². The van der Waals surface area contributed by atoms with E-state index in [1.807, 2.05) is 0 Å². The number of aromatic nitrogens is 2. The van der Waals surface area contributed by atoms with Gasteiger partial charge in [-0.05, 0) is 28.8 Å². The summed E-state index contributed by atoms with van der Waals surface area (Å²) in [6, 6.07) is 2.53. The van der Waals surface area contributed by atoms with Crippen molar-refractivity contribution in [2.45, 2.75) is 18.9 Å². The van der Waals surface area contributed by atoms with Gasteiger partial charge in [-0.2, -0.15) is 10.2 Å². The molecule has 102 valence electrons. The molecule has 0 unspecified atom stereocenters. The highest BCUT2D eigenvalue weighted by Crippen LogP contribution is 2.23. The minimum absolute atomic E-state index is 0.348. The summed E-state index contributed by atoms with van der Waals surface area (Å²) >= 11 is 3.33. The van der Waals surface area contributed by atoms with Crippen LogP contribution in [0.3, 0.4) is 0 Å². The first-order valence-electron chi connectivity index (χ1n) is 6.15. The van der Waals surface area contributed by atoms with Gasteiger partial charge in [0.05, 0.1) is 30.4 Å². The Morgan fingerprint density at radius 2 is 2.32 bits per heavy atom.